The summed E-state index contributed by atoms with van der Waals surface area (Å²) in [4.78, 5) is 38.2. The van der Waals surface area contributed by atoms with Crippen LogP contribution in [0.1, 0.15) is 316 Å². The summed E-state index contributed by atoms with van der Waals surface area (Å²) in [6.45, 7) is 6.54. The Morgan fingerprint density at radius 1 is 0.296 bits per heavy atom. The number of hydrogen-bond acceptors (Lipinski definition) is 6. The van der Waals surface area contributed by atoms with Gasteiger partial charge in [-0.3, -0.25) is 14.4 Å². The van der Waals surface area contributed by atoms with Crippen molar-refractivity contribution in [2.24, 2.45) is 0 Å². The van der Waals surface area contributed by atoms with Crippen molar-refractivity contribution in [2.75, 3.05) is 13.2 Å². The van der Waals surface area contributed by atoms with Gasteiger partial charge in [0.25, 0.3) is 0 Å². The Morgan fingerprint density at radius 2 is 0.549 bits per heavy atom. The number of unbranched alkanes of at least 4 members (excludes halogenated alkanes) is 35. The molecule has 0 aromatic carbocycles. The summed E-state index contributed by atoms with van der Waals surface area (Å²) < 4.78 is 16.9. The first-order valence-electron chi connectivity index (χ1n) is 30.8. The van der Waals surface area contributed by atoms with Gasteiger partial charge in [-0.05, 0) is 83.5 Å². The quantitative estimate of drug-likeness (QED) is 0.0261. The number of rotatable bonds is 56. The van der Waals surface area contributed by atoms with Crippen LogP contribution in [-0.2, 0) is 28.6 Å². The largest absolute Gasteiger partial charge is 0.462 e. The Hall–Kier alpha value is -2.89. The topological polar surface area (TPSA) is 78.9 Å². The van der Waals surface area contributed by atoms with E-state index < -0.39 is 6.10 Å². The van der Waals surface area contributed by atoms with Gasteiger partial charge in [-0.25, -0.2) is 0 Å². The molecule has 0 radical (unpaired) electrons. The summed E-state index contributed by atoms with van der Waals surface area (Å²) in [5.41, 5.74) is 0. The highest BCUT2D eigenvalue weighted by Gasteiger charge is 2.19. The molecule has 412 valence electrons. The fourth-order valence-electron chi connectivity index (χ4n) is 8.90. The Labute approximate surface area is 440 Å². The molecule has 0 amide bonds. The molecule has 0 unspecified atom stereocenters. The lowest BCUT2D eigenvalue weighted by atomic mass is 10.0. The number of esters is 3. The lowest BCUT2D eigenvalue weighted by Gasteiger charge is -2.18. The van der Waals surface area contributed by atoms with Crippen molar-refractivity contribution in [3.8, 4) is 0 Å². The molecule has 0 bridgehead atoms. The second-order valence-corrected chi connectivity index (χ2v) is 20.6. The molecular weight excluding hydrogens is 877 g/mol. The van der Waals surface area contributed by atoms with Gasteiger partial charge >= 0.3 is 17.9 Å². The molecule has 0 heterocycles. The zero-order valence-corrected chi connectivity index (χ0v) is 47.2. The zero-order chi connectivity index (χ0) is 51.4. The van der Waals surface area contributed by atoms with Gasteiger partial charge in [0, 0.05) is 19.3 Å². The van der Waals surface area contributed by atoms with Crippen LogP contribution in [0, 0.1) is 0 Å². The molecule has 0 rings (SSSR count). The normalized spacial score (nSPS) is 12.4. The van der Waals surface area contributed by atoms with Crippen LogP contribution in [0.3, 0.4) is 0 Å². The average molecular weight is 994 g/mol. The first-order valence-corrected chi connectivity index (χ1v) is 30.8. The third-order valence-electron chi connectivity index (χ3n) is 13.5. The molecule has 0 fully saturated rings. The third-order valence-corrected chi connectivity index (χ3v) is 13.5. The van der Waals surface area contributed by atoms with E-state index in [1.807, 2.05) is 0 Å². The predicted molar refractivity (Wildman–Crippen MR) is 307 cm³/mol. The number of carbonyl (C=O) groups excluding carboxylic acids is 3. The minimum absolute atomic E-state index is 0.0826. The van der Waals surface area contributed by atoms with Crippen molar-refractivity contribution in [1.29, 1.82) is 0 Å². The van der Waals surface area contributed by atoms with E-state index in [-0.39, 0.29) is 31.1 Å². The number of allylic oxidation sites excluding steroid dienone is 10. The monoisotopic (exact) mass is 993 g/mol. The SMILES string of the molecule is CC/C=C\C/C=C\C/C=C\C/C=C\CCCCCCC(=O)OC[C@H](COC(=O)CCCCCCCCCCCCCCCCCCCCCCC)OC(=O)CCCCCCC/C=C\CCCCCCCC. The third kappa shape index (κ3) is 57.9. The van der Waals surface area contributed by atoms with Gasteiger partial charge in [-0.15, -0.1) is 0 Å². The molecule has 0 spiro atoms. The van der Waals surface area contributed by atoms with Gasteiger partial charge in [0.05, 0.1) is 0 Å². The van der Waals surface area contributed by atoms with E-state index in [1.165, 1.54) is 167 Å². The number of ether oxygens (including phenoxy) is 3. The fourth-order valence-corrected chi connectivity index (χ4v) is 8.90. The van der Waals surface area contributed by atoms with Gasteiger partial charge < -0.3 is 14.2 Å². The van der Waals surface area contributed by atoms with E-state index in [9.17, 15) is 14.4 Å². The van der Waals surface area contributed by atoms with Crippen LogP contribution in [0.5, 0.6) is 0 Å². The molecule has 0 aromatic heterocycles. The molecular formula is C65H116O6. The summed E-state index contributed by atoms with van der Waals surface area (Å²) in [5.74, 6) is -0.900. The van der Waals surface area contributed by atoms with E-state index in [0.29, 0.717) is 19.3 Å². The van der Waals surface area contributed by atoms with Crippen LogP contribution in [0.4, 0.5) is 0 Å². The molecule has 0 saturated heterocycles. The van der Waals surface area contributed by atoms with Crippen molar-refractivity contribution in [2.45, 2.75) is 322 Å². The Bertz CT molecular complexity index is 1280. The standard InChI is InChI=1S/C65H116O6/c1-4-7-10-13-16-19-22-25-28-30-31-32-33-35-38-40-43-46-49-52-55-58-64(67)70-61-62(71-65(68)59-56-53-50-47-44-41-36-27-24-21-18-15-12-9-6-3)60-69-63(66)57-54-51-48-45-42-39-37-34-29-26-23-20-17-14-11-8-5-2/h8,11,17,20,26-27,29,36-37,39,62H,4-7,9-10,12-16,18-19,21-25,28,30-35,38,40-61H2,1-3H3/b11-8-,20-17-,29-26-,36-27-,39-37-/t62-/m1/s1. The van der Waals surface area contributed by atoms with E-state index in [4.69, 9.17) is 14.2 Å². The van der Waals surface area contributed by atoms with Crippen molar-refractivity contribution in [3.63, 3.8) is 0 Å². The summed E-state index contributed by atoms with van der Waals surface area (Å²) in [5, 5.41) is 0. The van der Waals surface area contributed by atoms with Crippen molar-refractivity contribution in [1.82, 2.24) is 0 Å². The van der Waals surface area contributed by atoms with Gasteiger partial charge in [0.15, 0.2) is 6.10 Å². The molecule has 0 aromatic rings. The predicted octanol–water partition coefficient (Wildman–Crippen LogP) is 20.8. The summed E-state index contributed by atoms with van der Waals surface area (Å²) in [6, 6.07) is 0. The van der Waals surface area contributed by atoms with Crippen LogP contribution in [0.25, 0.3) is 0 Å². The zero-order valence-electron chi connectivity index (χ0n) is 47.2. The second-order valence-electron chi connectivity index (χ2n) is 20.6. The van der Waals surface area contributed by atoms with Crippen LogP contribution in [0.15, 0.2) is 60.8 Å². The van der Waals surface area contributed by atoms with Gasteiger partial charge in [-0.2, -0.15) is 0 Å². The molecule has 6 nitrogen and oxygen atoms in total. The molecule has 0 aliphatic rings. The smallest absolute Gasteiger partial charge is 0.306 e. The molecule has 0 aliphatic heterocycles. The summed E-state index contributed by atoms with van der Waals surface area (Å²) in [7, 11) is 0. The number of hydrogen-bond donors (Lipinski definition) is 0. The van der Waals surface area contributed by atoms with Crippen molar-refractivity contribution in [3.05, 3.63) is 60.8 Å². The van der Waals surface area contributed by atoms with Gasteiger partial charge in [0.2, 0.25) is 0 Å². The van der Waals surface area contributed by atoms with Gasteiger partial charge in [-0.1, -0.05) is 274 Å². The van der Waals surface area contributed by atoms with Crippen LogP contribution in [-0.4, -0.2) is 37.2 Å². The van der Waals surface area contributed by atoms with E-state index in [0.717, 1.165) is 109 Å². The molecule has 6 heteroatoms. The molecule has 71 heavy (non-hydrogen) atoms. The highest BCUT2D eigenvalue weighted by molar-refractivity contribution is 5.71. The average Bonchev–Trinajstić information content (AvgIpc) is 3.37. The van der Waals surface area contributed by atoms with Crippen molar-refractivity contribution < 1.29 is 28.6 Å². The highest BCUT2D eigenvalue weighted by atomic mass is 16.6. The first kappa shape index (κ1) is 68.1. The fraction of sp³-hybridized carbons (Fsp3) is 0.800. The first-order chi connectivity index (χ1) is 35.0. The van der Waals surface area contributed by atoms with Crippen LogP contribution < -0.4 is 0 Å². The number of carbonyl (C=O) groups is 3. The van der Waals surface area contributed by atoms with E-state index in [2.05, 4.69) is 81.5 Å². The van der Waals surface area contributed by atoms with E-state index >= 15 is 0 Å². The summed E-state index contributed by atoms with van der Waals surface area (Å²) in [6.07, 6.45) is 75.1. The minimum atomic E-state index is -0.788. The molecule has 1 atom stereocenters. The molecule has 0 aliphatic carbocycles. The van der Waals surface area contributed by atoms with Gasteiger partial charge in [0.1, 0.15) is 13.2 Å². The van der Waals surface area contributed by atoms with Crippen LogP contribution in [0.2, 0.25) is 0 Å². The highest BCUT2D eigenvalue weighted by Crippen LogP contribution is 2.17. The van der Waals surface area contributed by atoms with E-state index in [1.54, 1.807) is 0 Å². The van der Waals surface area contributed by atoms with Crippen LogP contribution >= 0.6 is 0 Å². The Kier molecular flexibility index (Phi) is 57.2. The maximum absolute atomic E-state index is 12.9. The lowest BCUT2D eigenvalue weighted by molar-refractivity contribution is -0.167. The minimum Gasteiger partial charge on any atom is -0.462 e. The second kappa shape index (κ2) is 59.7. The summed E-state index contributed by atoms with van der Waals surface area (Å²) >= 11 is 0. The maximum atomic E-state index is 12.9. The maximum Gasteiger partial charge on any atom is 0.306 e. The Balaban J connectivity index is 4.36. The lowest BCUT2D eigenvalue weighted by Crippen LogP contribution is -2.30. The molecule has 0 N–H and O–H groups in total. The Morgan fingerprint density at radius 3 is 0.873 bits per heavy atom. The van der Waals surface area contributed by atoms with Crippen molar-refractivity contribution >= 4 is 17.9 Å². The molecule has 0 saturated carbocycles.